The highest BCUT2D eigenvalue weighted by molar-refractivity contribution is 7.14. The van der Waals surface area contributed by atoms with Crippen molar-refractivity contribution >= 4 is 57.2 Å². The number of halogens is 2. The molecule has 0 aliphatic heterocycles. The molecule has 0 unspecified atom stereocenters. The van der Waals surface area contributed by atoms with Gasteiger partial charge in [-0.2, -0.15) is 0 Å². The van der Waals surface area contributed by atoms with Crippen molar-refractivity contribution in [3.8, 4) is 0 Å². The number of hydrogen-bond acceptors (Lipinski definition) is 4. The maximum Gasteiger partial charge on any atom is 0.275 e. The number of aromatic nitrogens is 1. The smallest absolute Gasteiger partial charge is 0.275 e. The van der Waals surface area contributed by atoms with Crippen LogP contribution in [0.15, 0.2) is 53.9 Å². The van der Waals surface area contributed by atoms with E-state index >= 15 is 0 Å². The first kappa shape index (κ1) is 19.4. The van der Waals surface area contributed by atoms with E-state index in [2.05, 4.69) is 15.6 Å². The van der Waals surface area contributed by atoms with Crippen LogP contribution in [0.5, 0.6) is 0 Å². The highest BCUT2D eigenvalue weighted by Crippen LogP contribution is 2.26. The maximum atomic E-state index is 12.3. The maximum absolute atomic E-state index is 12.3. The van der Waals surface area contributed by atoms with Crippen LogP contribution in [0.2, 0.25) is 10.0 Å². The molecule has 0 spiro atoms. The van der Waals surface area contributed by atoms with Crippen molar-refractivity contribution in [3.05, 3.63) is 75.2 Å². The van der Waals surface area contributed by atoms with E-state index in [1.54, 1.807) is 17.5 Å². The molecule has 0 aliphatic rings. The summed E-state index contributed by atoms with van der Waals surface area (Å²) in [4.78, 5) is 28.5. The molecule has 27 heavy (non-hydrogen) atoms. The van der Waals surface area contributed by atoms with E-state index in [0.29, 0.717) is 33.7 Å². The lowest BCUT2D eigenvalue weighted by Crippen LogP contribution is -2.14. The molecule has 2 N–H and O–H groups in total. The molecule has 0 saturated heterocycles. The van der Waals surface area contributed by atoms with Crippen LogP contribution in [-0.4, -0.2) is 16.8 Å². The van der Waals surface area contributed by atoms with E-state index in [-0.39, 0.29) is 11.6 Å². The molecule has 138 valence electrons. The number of benzene rings is 2. The first-order valence-electron chi connectivity index (χ1n) is 8.07. The van der Waals surface area contributed by atoms with Crippen molar-refractivity contribution in [2.45, 2.75) is 12.8 Å². The summed E-state index contributed by atoms with van der Waals surface area (Å²) in [7, 11) is 0. The molecule has 1 aromatic heterocycles. The zero-order valence-corrected chi connectivity index (χ0v) is 16.4. The Labute approximate surface area is 170 Å². The molecule has 0 aliphatic carbocycles. The van der Waals surface area contributed by atoms with Gasteiger partial charge in [-0.1, -0.05) is 53.5 Å². The number of hydrogen-bond donors (Lipinski definition) is 2. The van der Waals surface area contributed by atoms with Crippen LogP contribution in [-0.2, 0) is 11.2 Å². The topological polar surface area (TPSA) is 71.1 Å². The molecular formula is C19H15Cl2N3O2S. The van der Waals surface area contributed by atoms with Gasteiger partial charge < -0.3 is 10.6 Å². The van der Waals surface area contributed by atoms with Gasteiger partial charge in [-0.05, 0) is 30.2 Å². The third kappa shape index (κ3) is 5.53. The second-order valence-corrected chi connectivity index (χ2v) is 7.35. The molecule has 8 heteroatoms. The van der Waals surface area contributed by atoms with Crippen molar-refractivity contribution in [2.75, 3.05) is 10.6 Å². The van der Waals surface area contributed by atoms with Crippen LogP contribution in [0.3, 0.4) is 0 Å². The molecule has 0 saturated carbocycles. The van der Waals surface area contributed by atoms with Crippen LogP contribution >= 0.6 is 34.5 Å². The van der Waals surface area contributed by atoms with Crippen molar-refractivity contribution in [1.82, 2.24) is 4.98 Å². The molecule has 3 rings (SSSR count). The fourth-order valence-electron chi connectivity index (χ4n) is 2.30. The molecule has 0 atom stereocenters. The molecule has 1 heterocycles. The van der Waals surface area contributed by atoms with Gasteiger partial charge in [0.15, 0.2) is 5.13 Å². The van der Waals surface area contributed by atoms with E-state index in [4.69, 9.17) is 23.2 Å². The molecule has 0 bridgehead atoms. The van der Waals surface area contributed by atoms with Crippen LogP contribution in [0.1, 0.15) is 22.5 Å². The molecule has 2 aromatic carbocycles. The van der Waals surface area contributed by atoms with Gasteiger partial charge in [0.1, 0.15) is 5.69 Å². The van der Waals surface area contributed by atoms with Crippen molar-refractivity contribution in [2.24, 2.45) is 0 Å². The van der Waals surface area contributed by atoms with Gasteiger partial charge in [-0.3, -0.25) is 9.59 Å². The standard InChI is InChI=1S/C19H15Cl2N3O2S/c20-13-7-8-15(14(21)10-13)22-18(26)16-11-27-19(23-16)24-17(25)9-6-12-4-2-1-3-5-12/h1-5,7-8,10-11H,6,9H2,(H,22,26)(H,23,24,25). The number of nitrogens with one attached hydrogen (secondary N) is 2. The number of thiazole rings is 1. The second kappa shape index (κ2) is 8.99. The van der Waals surface area contributed by atoms with E-state index in [9.17, 15) is 9.59 Å². The van der Waals surface area contributed by atoms with Crippen LogP contribution in [0.4, 0.5) is 10.8 Å². The van der Waals surface area contributed by atoms with E-state index in [1.807, 2.05) is 30.3 Å². The third-order valence-electron chi connectivity index (χ3n) is 3.65. The highest BCUT2D eigenvalue weighted by atomic mass is 35.5. The zero-order chi connectivity index (χ0) is 19.2. The number of carbonyl (C=O) groups is 2. The molecule has 0 radical (unpaired) electrons. The Morgan fingerprint density at radius 2 is 1.81 bits per heavy atom. The summed E-state index contributed by atoms with van der Waals surface area (Å²) >= 11 is 13.1. The lowest BCUT2D eigenvalue weighted by Gasteiger charge is -2.05. The van der Waals surface area contributed by atoms with E-state index in [1.165, 1.54) is 17.4 Å². The Morgan fingerprint density at radius 1 is 1.04 bits per heavy atom. The lowest BCUT2D eigenvalue weighted by atomic mass is 10.1. The quantitative estimate of drug-likeness (QED) is 0.571. The lowest BCUT2D eigenvalue weighted by molar-refractivity contribution is -0.116. The van der Waals surface area contributed by atoms with Gasteiger partial charge in [0, 0.05) is 16.8 Å². The van der Waals surface area contributed by atoms with Crippen molar-refractivity contribution in [1.29, 1.82) is 0 Å². The molecule has 2 amide bonds. The normalized spacial score (nSPS) is 10.4. The molecule has 5 nitrogen and oxygen atoms in total. The predicted molar refractivity (Wildman–Crippen MR) is 110 cm³/mol. The van der Waals surface area contributed by atoms with Gasteiger partial charge in [0.2, 0.25) is 5.91 Å². The van der Waals surface area contributed by atoms with Gasteiger partial charge in [0.25, 0.3) is 5.91 Å². The van der Waals surface area contributed by atoms with Crippen LogP contribution < -0.4 is 10.6 Å². The second-order valence-electron chi connectivity index (χ2n) is 5.65. The summed E-state index contributed by atoms with van der Waals surface area (Å²) in [6.07, 6.45) is 0.978. The Balaban J connectivity index is 1.55. The molecule has 3 aromatic rings. The number of nitrogens with zero attached hydrogens (tertiary/aromatic N) is 1. The highest BCUT2D eigenvalue weighted by Gasteiger charge is 2.14. The van der Waals surface area contributed by atoms with Crippen molar-refractivity contribution in [3.63, 3.8) is 0 Å². The summed E-state index contributed by atoms with van der Waals surface area (Å²) in [5.41, 5.74) is 1.73. The van der Waals surface area contributed by atoms with Gasteiger partial charge in [-0.15, -0.1) is 11.3 Å². The van der Waals surface area contributed by atoms with Crippen LogP contribution in [0, 0.1) is 0 Å². The summed E-state index contributed by atoms with van der Waals surface area (Å²) in [5, 5.41) is 8.15. The number of anilines is 2. The molecule has 0 fully saturated rings. The van der Waals surface area contributed by atoms with Gasteiger partial charge in [0.05, 0.1) is 10.7 Å². The Morgan fingerprint density at radius 3 is 2.56 bits per heavy atom. The minimum absolute atomic E-state index is 0.152. The number of aryl methyl sites for hydroxylation is 1. The Bertz CT molecular complexity index is 961. The SMILES string of the molecule is O=C(CCc1ccccc1)Nc1nc(C(=O)Nc2ccc(Cl)cc2Cl)cs1. The average Bonchev–Trinajstić information content (AvgIpc) is 3.12. The monoisotopic (exact) mass is 419 g/mol. The average molecular weight is 420 g/mol. The van der Waals surface area contributed by atoms with E-state index in [0.717, 1.165) is 5.56 Å². The fraction of sp³-hybridized carbons (Fsp3) is 0.105. The summed E-state index contributed by atoms with van der Waals surface area (Å²) in [6, 6.07) is 14.5. The number of carbonyl (C=O) groups excluding carboxylic acids is 2. The minimum Gasteiger partial charge on any atom is -0.319 e. The van der Waals surface area contributed by atoms with Gasteiger partial charge in [-0.25, -0.2) is 4.98 Å². The number of amides is 2. The summed E-state index contributed by atoms with van der Waals surface area (Å²) in [5.74, 6) is -0.568. The summed E-state index contributed by atoms with van der Waals surface area (Å²) in [6.45, 7) is 0. The Kier molecular flexibility index (Phi) is 6.45. The third-order valence-corrected chi connectivity index (χ3v) is 4.95. The van der Waals surface area contributed by atoms with Crippen LogP contribution in [0.25, 0.3) is 0 Å². The van der Waals surface area contributed by atoms with Gasteiger partial charge >= 0.3 is 0 Å². The predicted octanol–water partition coefficient (Wildman–Crippen LogP) is 5.27. The largest absolute Gasteiger partial charge is 0.319 e. The fourth-order valence-corrected chi connectivity index (χ4v) is 3.46. The van der Waals surface area contributed by atoms with Crippen molar-refractivity contribution < 1.29 is 9.59 Å². The number of rotatable bonds is 6. The Hall–Kier alpha value is -2.41. The summed E-state index contributed by atoms with van der Waals surface area (Å²) < 4.78 is 0. The first-order chi connectivity index (χ1) is 13.0. The molecular weight excluding hydrogens is 405 g/mol. The minimum atomic E-state index is -0.416. The van der Waals surface area contributed by atoms with E-state index < -0.39 is 5.91 Å². The zero-order valence-electron chi connectivity index (χ0n) is 14.0. The first-order valence-corrected chi connectivity index (χ1v) is 9.70.